The summed E-state index contributed by atoms with van der Waals surface area (Å²) in [5.41, 5.74) is 1.42. The van der Waals surface area contributed by atoms with Crippen molar-refractivity contribution in [3.63, 3.8) is 0 Å². The number of benzene rings is 1. The smallest absolute Gasteiger partial charge is 0.254 e. The van der Waals surface area contributed by atoms with Gasteiger partial charge < -0.3 is 15.0 Å². The predicted octanol–water partition coefficient (Wildman–Crippen LogP) is 1.01. The molecule has 1 heterocycles. The van der Waals surface area contributed by atoms with Gasteiger partial charge in [0.25, 0.3) is 5.91 Å². The minimum absolute atomic E-state index is 0.172. The van der Waals surface area contributed by atoms with Crippen LogP contribution in [0.4, 0.5) is 0 Å². The van der Waals surface area contributed by atoms with Gasteiger partial charge >= 0.3 is 0 Å². The zero-order valence-electron chi connectivity index (χ0n) is 11.3. The van der Waals surface area contributed by atoms with Gasteiger partial charge in [0.1, 0.15) is 6.04 Å². The topological polar surface area (TPSA) is 58.6 Å². The van der Waals surface area contributed by atoms with Crippen molar-refractivity contribution < 1.29 is 14.3 Å². The molecule has 1 aliphatic rings. The van der Waals surface area contributed by atoms with Crippen molar-refractivity contribution >= 4 is 23.4 Å². The molecular weight excluding hydrogens is 280 g/mol. The molecule has 1 N–H and O–H groups in total. The maximum atomic E-state index is 12.5. The Balaban J connectivity index is 2.22. The molecule has 2 amide bonds. The van der Waals surface area contributed by atoms with Gasteiger partial charge in [0, 0.05) is 25.0 Å². The Morgan fingerprint density at radius 3 is 3.00 bits per heavy atom. The van der Waals surface area contributed by atoms with Crippen molar-refractivity contribution in [2.45, 2.75) is 11.9 Å². The van der Waals surface area contributed by atoms with Crippen molar-refractivity contribution in [1.82, 2.24) is 10.2 Å². The number of carbonyl (C=O) groups excluding carboxylic acids is 2. The fourth-order valence-electron chi connectivity index (χ4n) is 2.18. The highest BCUT2D eigenvalue weighted by molar-refractivity contribution is 6.17. The summed E-state index contributed by atoms with van der Waals surface area (Å²) in [7, 11) is 1.55. The third-order valence-corrected chi connectivity index (χ3v) is 3.58. The second-order valence-electron chi connectivity index (χ2n) is 4.54. The number of morpholine rings is 1. The monoisotopic (exact) mass is 296 g/mol. The number of nitrogens with zero attached hydrogens (tertiary/aromatic N) is 1. The third-order valence-electron chi connectivity index (χ3n) is 3.27. The van der Waals surface area contributed by atoms with E-state index in [1.807, 2.05) is 6.07 Å². The Hall–Kier alpha value is -1.59. The van der Waals surface area contributed by atoms with Crippen molar-refractivity contribution in [2.75, 3.05) is 26.8 Å². The summed E-state index contributed by atoms with van der Waals surface area (Å²) in [6, 6.07) is 6.56. The molecule has 0 radical (unpaired) electrons. The number of halogens is 1. The first-order chi connectivity index (χ1) is 9.67. The van der Waals surface area contributed by atoms with Gasteiger partial charge in [0.05, 0.1) is 13.2 Å². The Bertz CT molecular complexity index is 507. The average Bonchev–Trinajstić information content (AvgIpc) is 2.53. The first kappa shape index (κ1) is 14.8. The highest BCUT2D eigenvalue weighted by atomic mass is 35.5. The maximum Gasteiger partial charge on any atom is 0.254 e. The largest absolute Gasteiger partial charge is 0.377 e. The van der Waals surface area contributed by atoms with E-state index in [0.29, 0.717) is 24.6 Å². The van der Waals surface area contributed by atoms with Gasteiger partial charge in [0.15, 0.2) is 0 Å². The van der Waals surface area contributed by atoms with E-state index in [-0.39, 0.29) is 18.4 Å². The summed E-state index contributed by atoms with van der Waals surface area (Å²) in [4.78, 5) is 25.9. The zero-order chi connectivity index (χ0) is 14.5. The Labute approximate surface area is 122 Å². The van der Waals surface area contributed by atoms with Crippen LogP contribution in [-0.2, 0) is 15.4 Å². The maximum absolute atomic E-state index is 12.5. The molecule has 0 aromatic heterocycles. The van der Waals surface area contributed by atoms with Crippen molar-refractivity contribution in [2.24, 2.45) is 0 Å². The van der Waals surface area contributed by atoms with Gasteiger partial charge in [-0.25, -0.2) is 0 Å². The molecule has 1 aromatic rings. The molecule has 1 saturated heterocycles. The number of hydrogen-bond acceptors (Lipinski definition) is 3. The lowest BCUT2D eigenvalue weighted by atomic mass is 10.1. The molecule has 1 aromatic carbocycles. The number of amides is 2. The second kappa shape index (κ2) is 6.72. The number of likely N-dealkylation sites (N-methyl/N-ethyl adjacent to an activating group) is 1. The van der Waals surface area contributed by atoms with E-state index in [9.17, 15) is 9.59 Å². The summed E-state index contributed by atoms with van der Waals surface area (Å²) in [5.74, 6) is -0.0382. The lowest BCUT2D eigenvalue weighted by molar-refractivity contribution is -0.130. The normalized spacial score (nSPS) is 18.7. The van der Waals surface area contributed by atoms with Crippen LogP contribution in [0.15, 0.2) is 24.3 Å². The quantitative estimate of drug-likeness (QED) is 0.847. The van der Waals surface area contributed by atoms with Crippen LogP contribution in [0.1, 0.15) is 15.9 Å². The molecule has 5 nitrogen and oxygen atoms in total. The molecule has 0 bridgehead atoms. The molecule has 2 rings (SSSR count). The predicted molar refractivity (Wildman–Crippen MR) is 75.7 cm³/mol. The van der Waals surface area contributed by atoms with E-state index in [1.165, 1.54) is 0 Å². The first-order valence-electron chi connectivity index (χ1n) is 6.42. The summed E-state index contributed by atoms with van der Waals surface area (Å²) >= 11 is 5.78. The van der Waals surface area contributed by atoms with Crippen LogP contribution in [0.5, 0.6) is 0 Å². The van der Waals surface area contributed by atoms with Crippen LogP contribution < -0.4 is 5.32 Å². The van der Waals surface area contributed by atoms with Gasteiger partial charge in [0.2, 0.25) is 5.91 Å². The average molecular weight is 297 g/mol. The number of nitrogens with one attached hydrogen (secondary N) is 1. The molecule has 0 aliphatic carbocycles. The van der Waals surface area contributed by atoms with E-state index in [4.69, 9.17) is 16.3 Å². The highest BCUT2D eigenvalue weighted by Gasteiger charge is 2.32. The molecule has 1 fully saturated rings. The zero-order valence-corrected chi connectivity index (χ0v) is 12.0. The summed E-state index contributed by atoms with van der Waals surface area (Å²) in [6.07, 6.45) is 0. The molecule has 1 aliphatic heterocycles. The Kier molecular flexibility index (Phi) is 4.98. The van der Waals surface area contributed by atoms with Crippen molar-refractivity contribution in [3.8, 4) is 0 Å². The molecule has 108 valence electrons. The van der Waals surface area contributed by atoms with Crippen LogP contribution >= 0.6 is 11.6 Å². The van der Waals surface area contributed by atoms with E-state index in [2.05, 4.69) is 5.32 Å². The second-order valence-corrected chi connectivity index (χ2v) is 4.80. The van der Waals surface area contributed by atoms with Crippen LogP contribution in [0.25, 0.3) is 0 Å². The lowest BCUT2D eigenvalue weighted by Gasteiger charge is -2.34. The van der Waals surface area contributed by atoms with E-state index >= 15 is 0 Å². The van der Waals surface area contributed by atoms with Gasteiger partial charge in [-0.1, -0.05) is 12.1 Å². The summed E-state index contributed by atoms with van der Waals surface area (Å²) < 4.78 is 5.29. The van der Waals surface area contributed by atoms with Crippen molar-refractivity contribution in [1.29, 1.82) is 0 Å². The summed E-state index contributed by atoms with van der Waals surface area (Å²) in [5, 5.41) is 2.56. The molecule has 0 saturated carbocycles. The van der Waals surface area contributed by atoms with E-state index < -0.39 is 6.04 Å². The minimum atomic E-state index is -0.582. The standard InChI is InChI=1S/C14H17ClN2O3/c1-16-13(18)12-9-20-6-5-17(12)14(19)11-4-2-3-10(7-11)8-15/h2-4,7,12H,5-6,8-9H2,1H3,(H,16,18). The summed E-state index contributed by atoms with van der Waals surface area (Å²) in [6.45, 7) is 1.07. The molecule has 0 spiro atoms. The van der Waals surface area contributed by atoms with Crippen LogP contribution in [-0.4, -0.2) is 49.6 Å². The lowest BCUT2D eigenvalue weighted by Crippen LogP contribution is -2.55. The minimum Gasteiger partial charge on any atom is -0.377 e. The van der Waals surface area contributed by atoms with Gasteiger partial charge in [-0.3, -0.25) is 9.59 Å². The Morgan fingerprint density at radius 2 is 2.30 bits per heavy atom. The molecule has 20 heavy (non-hydrogen) atoms. The van der Waals surface area contributed by atoms with E-state index in [1.54, 1.807) is 30.1 Å². The van der Waals surface area contributed by atoms with Crippen LogP contribution in [0.3, 0.4) is 0 Å². The van der Waals surface area contributed by atoms with Gasteiger partial charge in [-0.2, -0.15) is 0 Å². The number of carbonyl (C=O) groups is 2. The Morgan fingerprint density at radius 1 is 1.50 bits per heavy atom. The van der Waals surface area contributed by atoms with Crippen molar-refractivity contribution in [3.05, 3.63) is 35.4 Å². The van der Waals surface area contributed by atoms with Gasteiger partial charge in [-0.05, 0) is 17.7 Å². The molecule has 6 heteroatoms. The first-order valence-corrected chi connectivity index (χ1v) is 6.96. The van der Waals surface area contributed by atoms with Crippen LogP contribution in [0, 0.1) is 0 Å². The van der Waals surface area contributed by atoms with Gasteiger partial charge in [-0.15, -0.1) is 11.6 Å². The molecule has 1 unspecified atom stereocenters. The van der Waals surface area contributed by atoms with E-state index in [0.717, 1.165) is 5.56 Å². The number of hydrogen-bond donors (Lipinski definition) is 1. The number of alkyl halides is 1. The fourth-order valence-corrected chi connectivity index (χ4v) is 2.35. The SMILES string of the molecule is CNC(=O)C1COCCN1C(=O)c1cccc(CCl)c1. The van der Waals surface area contributed by atoms with Crippen LogP contribution in [0.2, 0.25) is 0 Å². The highest BCUT2D eigenvalue weighted by Crippen LogP contribution is 2.15. The fraction of sp³-hybridized carbons (Fsp3) is 0.429. The molecule has 1 atom stereocenters. The molecular formula is C14H17ClN2O3. The third kappa shape index (κ3) is 3.11. The number of rotatable bonds is 3. The number of ether oxygens (including phenoxy) is 1.